The number of hydrogen-bond acceptors (Lipinski definition) is 5. The molecule has 2 rings (SSSR count). The lowest BCUT2D eigenvalue weighted by atomic mass is 10.3. The zero-order chi connectivity index (χ0) is 11.4. The second kappa shape index (κ2) is 4.94. The van der Waals surface area contributed by atoms with Gasteiger partial charge in [-0.3, -0.25) is 0 Å². The molecule has 0 spiro atoms. The van der Waals surface area contributed by atoms with Crippen LogP contribution in [0.15, 0.2) is 29.9 Å². The van der Waals surface area contributed by atoms with E-state index in [2.05, 4.69) is 33.7 Å². The van der Waals surface area contributed by atoms with Crippen molar-refractivity contribution in [2.45, 2.75) is 13.0 Å². The molecule has 0 saturated carbocycles. The average Bonchev–Trinajstić information content (AvgIpc) is 2.83. The molecule has 0 amide bonds. The summed E-state index contributed by atoms with van der Waals surface area (Å²) < 4.78 is 5.04. The van der Waals surface area contributed by atoms with E-state index < -0.39 is 0 Å². The molecule has 2 aromatic heterocycles. The highest BCUT2D eigenvalue weighted by Crippen LogP contribution is 2.22. The van der Waals surface area contributed by atoms with E-state index in [1.165, 1.54) is 11.2 Å². The number of thiophene rings is 1. The van der Waals surface area contributed by atoms with Gasteiger partial charge in [0.2, 0.25) is 5.88 Å². The zero-order valence-corrected chi connectivity index (χ0v) is 9.99. The molecule has 1 N–H and O–H groups in total. The fraction of sp³-hybridized carbons (Fsp3) is 0.273. The molecule has 0 aliphatic carbocycles. The largest absolute Gasteiger partial charge is 0.481 e. The maximum atomic E-state index is 5.04. The highest BCUT2D eigenvalue weighted by Gasteiger charge is 2.07. The fourth-order valence-corrected chi connectivity index (χ4v) is 2.10. The highest BCUT2D eigenvalue weighted by molar-refractivity contribution is 7.10. The average molecular weight is 235 g/mol. The van der Waals surface area contributed by atoms with Gasteiger partial charge in [-0.05, 0) is 18.4 Å². The lowest BCUT2D eigenvalue weighted by Crippen LogP contribution is -2.06. The van der Waals surface area contributed by atoms with E-state index in [0.29, 0.717) is 5.88 Å². The van der Waals surface area contributed by atoms with Gasteiger partial charge in [0.15, 0.2) is 0 Å². The lowest BCUT2D eigenvalue weighted by molar-refractivity contribution is 0.397. The van der Waals surface area contributed by atoms with Gasteiger partial charge >= 0.3 is 0 Å². The Morgan fingerprint density at radius 1 is 1.44 bits per heavy atom. The Labute approximate surface area is 98.3 Å². The quantitative estimate of drug-likeness (QED) is 0.885. The lowest BCUT2D eigenvalue weighted by Gasteiger charge is -2.12. The normalized spacial score (nSPS) is 12.1. The topological polar surface area (TPSA) is 47.0 Å². The number of anilines is 1. The Morgan fingerprint density at radius 3 is 3.00 bits per heavy atom. The first-order valence-corrected chi connectivity index (χ1v) is 5.83. The van der Waals surface area contributed by atoms with Gasteiger partial charge in [-0.2, -0.15) is 0 Å². The third-order valence-corrected chi connectivity index (χ3v) is 3.24. The predicted octanol–water partition coefficient (Wildman–Crippen LogP) is 2.72. The van der Waals surface area contributed by atoms with Crippen molar-refractivity contribution in [3.05, 3.63) is 34.8 Å². The van der Waals surface area contributed by atoms with E-state index in [1.807, 2.05) is 6.07 Å². The molecule has 4 nitrogen and oxygen atoms in total. The van der Waals surface area contributed by atoms with Crippen molar-refractivity contribution in [3.63, 3.8) is 0 Å². The number of nitrogens with one attached hydrogen (secondary N) is 1. The van der Waals surface area contributed by atoms with Crippen molar-refractivity contribution < 1.29 is 4.74 Å². The van der Waals surface area contributed by atoms with Gasteiger partial charge in [0.05, 0.1) is 13.2 Å². The van der Waals surface area contributed by atoms with Crippen molar-refractivity contribution in [2.24, 2.45) is 0 Å². The zero-order valence-electron chi connectivity index (χ0n) is 9.18. The Hall–Kier alpha value is -1.62. The van der Waals surface area contributed by atoms with Crippen LogP contribution >= 0.6 is 11.3 Å². The van der Waals surface area contributed by atoms with Crippen molar-refractivity contribution in [1.29, 1.82) is 0 Å². The molecule has 2 aromatic rings. The van der Waals surface area contributed by atoms with Gasteiger partial charge in [0.25, 0.3) is 0 Å². The van der Waals surface area contributed by atoms with Gasteiger partial charge in [0.1, 0.15) is 12.1 Å². The van der Waals surface area contributed by atoms with Crippen molar-refractivity contribution in [1.82, 2.24) is 9.97 Å². The molecule has 0 saturated heterocycles. The number of nitrogens with zero attached hydrogens (tertiary/aromatic N) is 2. The maximum absolute atomic E-state index is 5.04. The second-order valence-corrected chi connectivity index (χ2v) is 4.31. The van der Waals surface area contributed by atoms with E-state index >= 15 is 0 Å². The van der Waals surface area contributed by atoms with E-state index in [-0.39, 0.29) is 6.04 Å². The highest BCUT2D eigenvalue weighted by atomic mass is 32.1. The van der Waals surface area contributed by atoms with Crippen LogP contribution in [0.5, 0.6) is 5.88 Å². The minimum absolute atomic E-state index is 0.236. The third kappa shape index (κ3) is 2.49. The summed E-state index contributed by atoms with van der Waals surface area (Å²) in [6.07, 6.45) is 1.49. The fourth-order valence-electron chi connectivity index (χ4n) is 1.36. The van der Waals surface area contributed by atoms with E-state index in [0.717, 1.165) is 5.82 Å². The van der Waals surface area contributed by atoms with Gasteiger partial charge in [-0.1, -0.05) is 6.07 Å². The molecule has 1 unspecified atom stereocenters. The molecular formula is C11H13N3OS. The maximum Gasteiger partial charge on any atom is 0.218 e. The molecule has 0 aliphatic heterocycles. The SMILES string of the molecule is COc1cc(NC(C)c2cccs2)ncn1. The third-order valence-electron chi connectivity index (χ3n) is 2.19. The van der Waals surface area contributed by atoms with Crippen LogP contribution in [0.25, 0.3) is 0 Å². The molecule has 0 bridgehead atoms. The number of rotatable bonds is 4. The standard InChI is InChI=1S/C11H13N3OS/c1-8(9-4-3-5-16-9)14-10-6-11(15-2)13-7-12-10/h3-8H,1-2H3,(H,12,13,14). The van der Waals surface area contributed by atoms with Gasteiger partial charge < -0.3 is 10.1 Å². The van der Waals surface area contributed by atoms with Crippen LogP contribution in [0, 0.1) is 0 Å². The van der Waals surface area contributed by atoms with Crippen molar-refractivity contribution >= 4 is 17.2 Å². The molecule has 0 radical (unpaired) electrons. The van der Waals surface area contributed by atoms with Crippen LogP contribution in [-0.2, 0) is 0 Å². The first-order valence-electron chi connectivity index (χ1n) is 4.95. The minimum Gasteiger partial charge on any atom is -0.481 e. The summed E-state index contributed by atoms with van der Waals surface area (Å²) in [5, 5.41) is 5.36. The predicted molar refractivity (Wildman–Crippen MR) is 64.9 cm³/mol. The van der Waals surface area contributed by atoms with Crippen LogP contribution in [0.2, 0.25) is 0 Å². The number of methoxy groups -OCH3 is 1. The molecule has 0 aromatic carbocycles. The van der Waals surface area contributed by atoms with Crippen LogP contribution < -0.4 is 10.1 Å². The van der Waals surface area contributed by atoms with Crippen LogP contribution in [0.3, 0.4) is 0 Å². The Balaban J connectivity index is 2.08. The van der Waals surface area contributed by atoms with Crippen LogP contribution in [0.4, 0.5) is 5.82 Å². The smallest absolute Gasteiger partial charge is 0.218 e. The van der Waals surface area contributed by atoms with Crippen molar-refractivity contribution in [2.75, 3.05) is 12.4 Å². The van der Waals surface area contributed by atoms with Crippen LogP contribution in [0.1, 0.15) is 17.8 Å². The van der Waals surface area contributed by atoms with Crippen molar-refractivity contribution in [3.8, 4) is 5.88 Å². The summed E-state index contributed by atoms with van der Waals surface area (Å²) in [6.45, 7) is 2.10. The molecule has 0 fully saturated rings. The Morgan fingerprint density at radius 2 is 2.31 bits per heavy atom. The molecule has 5 heteroatoms. The Bertz CT molecular complexity index is 444. The first-order chi connectivity index (χ1) is 7.79. The van der Waals surface area contributed by atoms with E-state index in [1.54, 1.807) is 24.5 Å². The number of aromatic nitrogens is 2. The molecular weight excluding hydrogens is 222 g/mol. The van der Waals surface area contributed by atoms with Crippen LogP contribution in [-0.4, -0.2) is 17.1 Å². The molecule has 84 valence electrons. The van der Waals surface area contributed by atoms with Gasteiger partial charge in [0, 0.05) is 10.9 Å². The monoisotopic (exact) mass is 235 g/mol. The summed E-state index contributed by atoms with van der Waals surface area (Å²) in [4.78, 5) is 9.37. The molecule has 16 heavy (non-hydrogen) atoms. The first kappa shape index (κ1) is 10.9. The molecule has 2 heterocycles. The summed E-state index contributed by atoms with van der Waals surface area (Å²) in [6, 6.07) is 6.16. The summed E-state index contributed by atoms with van der Waals surface area (Å²) >= 11 is 1.72. The Kier molecular flexibility index (Phi) is 3.36. The summed E-state index contributed by atoms with van der Waals surface area (Å²) in [5.41, 5.74) is 0. The second-order valence-electron chi connectivity index (χ2n) is 3.33. The number of ether oxygens (including phenoxy) is 1. The van der Waals surface area contributed by atoms with E-state index in [4.69, 9.17) is 4.74 Å². The minimum atomic E-state index is 0.236. The molecule has 1 atom stereocenters. The molecule has 0 aliphatic rings. The summed E-state index contributed by atoms with van der Waals surface area (Å²) in [7, 11) is 1.59. The summed E-state index contributed by atoms with van der Waals surface area (Å²) in [5.74, 6) is 1.34. The van der Waals surface area contributed by atoms with Gasteiger partial charge in [-0.25, -0.2) is 9.97 Å². The number of hydrogen-bond donors (Lipinski definition) is 1. The van der Waals surface area contributed by atoms with E-state index in [9.17, 15) is 0 Å². The van der Waals surface area contributed by atoms with Gasteiger partial charge in [-0.15, -0.1) is 11.3 Å².